The molecule has 2 rings (SSSR count). The minimum Gasteiger partial charge on any atom is -0.380 e. The Morgan fingerprint density at radius 2 is 2.41 bits per heavy atom. The highest BCUT2D eigenvalue weighted by Gasteiger charge is 2.28. The maximum absolute atomic E-state index is 12.1. The first-order valence-electron chi connectivity index (χ1n) is 5.84. The number of nitrogens with zero attached hydrogens (tertiary/aromatic N) is 1. The Morgan fingerprint density at radius 3 is 3.00 bits per heavy atom. The number of hydrogen-bond acceptors (Lipinski definition) is 5. The summed E-state index contributed by atoms with van der Waals surface area (Å²) in [6, 6.07) is 0. The van der Waals surface area contributed by atoms with E-state index in [4.69, 9.17) is 4.74 Å². The van der Waals surface area contributed by atoms with Gasteiger partial charge in [0.2, 0.25) is 0 Å². The van der Waals surface area contributed by atoms with Crippen molar-refractivity contribution in [3.05, 3.63) is 16.1 Å². The molecule has 0 N–H and O–H groups in total. The molecule has 0 spiro atoms. The molecule has 1 atom stereocenters. The lowest BCUT2D eigenvalue weighted by Gasteiger charge is -2.21. The monoisotopic (exact) mass is 275 g/mol. The molecule has 1 fully saturated rings. The van der Waals surface area contributed by atoms with Gasteiger partial charge in [0.15, 0.2) is 9.84 Å². The van der Waals surface area contributed by atoms with E-state index in [2.05, 4.69) is 4.98 Å². The summed E-state index contributed by atoms with van der Waals surface area (Å²) in [5, 5.41) is 2.29. The van der Waals surface area contributed by atoms with Crippen LogP contribution in [0.5, 0.6) is 0 Å². The van der Waals surface area contributed by atoms with Crippen LogP contribution in [-0.2, 0) is 26.7 Å². The highest BCUT2D eigenvalue weighted by molar-refractivity contribution is 7.91. The Balaban J connectivity index is 2.05. The summed E-state index contributed by atoms with van der Waals surface area (Å²) in [6.07, 6.45) is 2.40. The number of aryl methyl sites for hydroxylation is 1. The summed E-state index contributed by atoms with van der Waals surface area (Å²) in [5.41, 5.74) is 0.972. The van der Waals surface area contributed by atoms with Gasteiger partial charge in [0.05, 0.1) is 17.6 Å². The second-order valence-corrected chi connectivity index (χ2v) is 7.46. The maximum atomic E-state index is 12.1. The van der Waals surface area contributed by atoms with E-state index in [0.29, 0.717) is 24.6 Å². The molecule has 0 aromatic carbocycles. The van der Waals surface area contributed by atoms with Crippen molar-refractivity contribution >= 4 is 21.2 Å². The van der Waals surface area contributed by atoms with Crippen LogP contribution in [0.25, 0.3) is 0 Å². The van der Waals surface area contributed by atoms with Crippen LogP contribution >= 0.6 is 11.3 Å². The summed E-state index contributed by atoms with van der Waals surface area (Å²) in [6.45, 7) is 3.04. The third kappa shape index (κ3) is 3.26. The van der Waals surface area contributed by atoms with E-state index >= 15 is 0 Å². The van der Waals surface area contributed by atoms with Gasteiger partial charge >= 0.3 is 0 Å². The molecule has 1 aromatic rings. The van der Waals surface area contributed by atoms with Crippen molar-refractivity contribution in [2.45, 2.75) is 37.2 Å². The van der Waals surface area contributed by atoms with E-state index in [1.54, 1.807) is 0 Å². The standard InChI is InChI=1S/C11H17NO3S2/c1-2-9-7-16-11(12-9)8-17(13,14)10-4-3-5-15-6-10/h7,10H,2-6,8H2,1H3. The van der Waals surface area contributed by atoms with Crippen LogP contribution in [0.2, 0.25) is 0 Å². The Morgan fingerprint density at radius 1 is 1.59 bits per heavy atom. The second-order valence-electron chi connectivity index (χ2n) is 4.23. The molecular formula is C11H17NO3S2. The SMILES string of the molecule is CCc1csc(CS(=O)(=O)C2CCCOC2)n1. The van der Waals surface area contributed by atoms with Crippen molar-refractivity contribution in [3.63, 3.8) is 0 Å². The van der Waals surface area contributed by atoms with E-state index in [-0.39, 0.29) is 11.0 Å². The van der Waals surface area contributed by atoms with Crippen molar-refractivity contribution in [2.75, 3.05) is 13.2 Å². The first kappa shape index (κ1) is 13.0. The quantitative estimate of drug-likeness (QED) is 0.841. The molecular weight excluding hydrogens is 258 g/mol. The van der Waals surface area contributed by atoms with E-state index < -0.39 is 9.84 Å². The first-order valence-corrected chi connectivity index (χ1v) is 8.44. The first-order chi connectivity index (χ1) is 8.12. The number of ether oxygens (including phenoxy) is 1. The fourth-order valence-electron chi connectivity index (χ4n) is 1.86. The Hall–Kier alpha value is -0.460. The topological polar surface area (TPSA) is 56.3 Å². The van der Waals surface area contributed by atoms with Gasteiger partial charge in [-0.25, -0.2) is 13.4 Å². The van der Waals surface area contributed by atoms with Gasteiger partial charge in [-0.1, -0.05) is 6.92 Å². The molecule has 1 aliphatic heterocycles. The zero-order chi connectivity index (χ0) is 12.3. The highest BCUT2D eigenvalue weighted by atomic mass is 32.2. The van der Waals surface area contributed by atoms with Gasteiger partial charge in [-0.2, -0.15) is 0 Å². The van der Waals surface area contributed by atoms with E-state index in [1.165, 1.54) is 11.3 Å². The summed E-state index contributed by atoms with van der Waals surface area (Å²) in [5.74, 6) is 0.0612. The zero-order valence-electron chi connectivity index (χ0n) is 9.89. The van der Waals surface area contributed by atoms with Gasteiger partial charge in [-0.15, -0.1) is 11.3 Å². The molecule has 0 aliphatic carbocycles. The molecule has 1 saturated heterocycles. The van der Waals surface area contributed by atoms with Crippen molar-refractivity contribution in [1.29, 1.82) is 0 Å². The molecule has 0 saturated carbocycles. The molecule has 1 aliphatic rings. The van der Waals surface area contributed by atoms with Crippen LogP contribution in [-0.4, -0.2) is 31.9 Å². The van der Waals surface area contributed by atoms with Gasteiger partial charge in [0, 0.05) is 12.0 Å². The van der Waals surface area contributed by atoms with E-state index in [9.17, 15) is 8.42 Å². The van der Waals surface area contributed by atoms with E-state index in [1.807, 2.05) is 12.3 Å². The van der Waals surface area contributed by atoms with Crippen LogP contribution in [0.3, 0.4) is 0 Å². The lowest BCUT2D eigenvalue weighted by atomic mass is 10.2. The number of rotatable bonds is 4. The smallest absolute Gasteiger partial charge is 0.161 e. The second kappa shape index (κ2) is 5.46. The largest absolute Gasteiger partial charge is 0.380 e. The minimum atomic E-state index is -3.11. The molecule has 1 aromatic heterocycles. The summed E-state index contributed by atoms with van der Waals surface area (Å²) in [7, 11) is -3.11. The summed E-state index contributed by atoms with van der Waals surface area (Å²) < 4.78 is 29.5. The van der Waals surface area contributed by atoms with Crippen molar-refractivity contribution < 1.29 is 13.2 Å². The zero-order valence-corrected chi connectivity index (χ0v) is 11.5. The van der Waals surface area contributed by atoms with Crippen LogP contribution in [0.15, 0.2) is 5.38 Å². The maximum Gasteiger partial charge on any atom is 0.161 e. The Bertz CT molecular complexity index is 461. The Labute approximate surface area is 106 Å². The average Bonchev–Trinajstić information content (AvgIpc) is 2.77. The lowest BCUT2D eigenvalue weighted by Crippen LogP contribution is -2.31. The molecule has 6 heteroatoms. The number of thiazole rings is 1. The third-order valence-electron chi connectivity index (χ3n) is 2.91. The average molecular weight is 275 g/mol. The lowest BCUT2D eigenvalue weighted by molar-refractivity contribution is 0.0991. The molecule has 2 heterocycles. The van der Waals surface area contributed by atoms with Gasteiger partial charge in [-0.05, 0) is 19.3 Å². The van der Waals surface area contributed by atoms with Gasteiger partial charge in [-0.3, -0.25) is 0 Å². The van der Waals surface area contributed by atoms with Gasteiger partial charge in [0.25, 0.3) is 0 Å². The van der Waals surface area contributed by atoms with Crippen LogP contribution in [0.4, 0.5) is 0 Å². The van der Waals surface area contributed by atoms with Crippen LogP contribution < -0.4 is 0 Å². The number of aromatic nitrogens is 1. The fraction of sp³-hybridized carbons (Fsp3) is 0.727. The predicted molar refractivity (Wildman–Crippen MR) is 68.0 cm³/mol. The van der Waals surface area contributed by atoms with E-state index in [0.717, 1.165) is 18.5 Å². The Kier molecular flexibility index (Phi) is 4.17. The van der Waals surface area contributed by atoms with Crippen molar-refractivity contribution in [2.24, 2.45) is 0 Å². The highest BCUT2D eigenvalue weighted by Crippen LogP contribution is 2.21. The molecule has 0 radical (unpaired) electrons. The molecule has 1 unspecified atom stereocenters. The molecule has 17 heavy (non-hydrogen) atoms. The van der Waals surface area contributed by atoms with Crippen molar-refractivity contribution in [3.8, 4) is 0 Å². The summed E-state index contributed by atoms with van der Waals surface area (Å²) >= 11 is 1.43. The molecule has 96 valence electrons. The van der Waals surface area contributed by atoms with Crippen LogP contribution in [0, 0.1) is 0 Å². The number of sulfone groups is 1. The minimum absolute atomic E-state index is 0.0612. The van der Waals surface area contributed by atoms with Gasteiger partial charge in [0.1, 0.15) is 10.8 Å². The molecule has 0 bridgehead atoms. The third-order valence-corrected chi connectivity index (χ3v) is 6.06. The molecule has 4 nitrogen and oxygen atoms in total. The predicted octanol–water partition coefficient (Wildman–Crippen LogP) is 1.80. The van der Waals surface area contributed by atoms with Crippen molar-refractivity contribution in [1.82, 2.24) is 4.98 Å². The fourth-order valence-corrected chi connectivity index (χ4v) is 4.76. The van der Waals surface area contributed by atoms with Crippen LogP contribution in [0.1, 0.15) is 30.5 Å². The van der Waals surface area contributed by atoms with Gasteiger partial charge < -0.3 is 4.74 Å². The normalized spacial score (nSPS) is 21.6. The molecule has 0 amide bonds. The number of hydrogen-bond donors (Lipinski definition) is 0. The summed E-state index contributed by atoms with van der Waals surface area (Å²) in [4.78, 5) is 4.31.